The molecular formula is C31H42NNaO8. The second-order valence-electron chi connectivity index (χ2n) is 9.55. The summed E-state index contributed by atoms with van der Waals surface area (Å²) in [5.74, 6) is -0.303. The molecule has 4 rings (SSSR count). The average molecular weight is 580 g/mol. The Morgan fingerprint density at radius 1 is 1.05 bits per heavy atom. The minimum atomic E-state index is -1.43. The number of fused-ring (bicyclic) bond motifs is 1. The Balaban J connectivity index is 0.00000161. The molecule has 0 saturated carbocycles. The summed E-state index contributed by atoms with van der Waals surface area (Å²) >= 11 is 0. The van der Waals surface area contributed by atoms with Gasteiger partial charge in [-0.05, 0) is 67.1 Å². The van der Waals surface area contributed by atoms with E-state index < -0.39 is 30.7 Å². The molecule has 0 amide bonds. The number of benzene rings is 2. The van der Waals surface area contributed by atoms with Crippen LogP contribution in [0.4, 0.5) is 0 Å². The molecule has 0 spiro atoms. The molecule has 2 aromatic carbocycles. The van der Waals surface area contributed by atoms with Crippen molar-refractivity contribution in [2.45, 2.75) is 63.9 Å². The maximum absolute atomic E-state index is 12.2. The van der Waals surface area contributed by atoms with Gasteiger partial charge in [0.25, 0.3) is 0 Å². The summed E-state index contributed by atoms with van der Waals surface area (Å²) in [5, 5.41) is 48.3. The molecule has 1 fully saturated rings. The van der Waals surface area contributed by atoms with E-state index in [2.05, 4.69) is 36.5 Å². The van der Waals surface area contributed by atoms with Crippen LogP contribution >= 0.6 is 0 Å². The Morgan fingerprint density at radius 2 is 1.71 bits per heavy atom. The van der Waals surface area contributed by atoms with Crippen LogP contribution in [0.1, 0.15) is 42.5 Å². The van der Waals surface area contributed by atoms with Crippen molar-refractivity contribution in [3.05, 3.63) is 82.4 Å². The van der Waals surface area contributed by atoms with Crippen molar-refractivity contribution in [1.29, 1.82) is 0 Å². The molecule has 0 radical (unpaired) electrons. The van der Waals surface area contributed by atoms with E-state index in [9.17, 15) is 20.1 Å². The maximum atomic E-state index is 12.2. The Morgan fingerprint density at radius 3 is 2.39 bits per heavy atom. The van der Waals surface area contributed by atoms with Crippen LogP contribution in [0.25, 0.3) is 11.6 Å². The molecule has 1 saturated heterocycles. The number of carbonyl (C=O) groups excluding carboxylic acids is 1. The fraction of sp³-hybridized carbons (Fsp3) is 0.452. The summed E-state index contributed by atoms with van der Waals surface area (Å²) in [7, 11) is 1.75. The van der Waals surface area contributed by atoms with Gasteiger partial charge in [0.15, 0.2) is 12.1 Å². The maximum Gasteiger partial charge on any atom is 1.00 e. The molecule has 5 atom stereocenters. The Bertz CT molecular complexity index is 1120. The number of hydrogen-bond donors (Lipinski definition) is 5. The standard InChI is InChI=1S/C29H35NO6.CH4O.CH3O.Na/c1-18-15-22-5-3-4-6-25(22)24(18)13-14-30-16-21-9-7-20(8-10-21)11-12-23(31)17-35-29-28(34)27(33)26(32)19(2)36-29;2*1-2;/h3-12,19,26-30,32-34H,13-17H2,1-2H3;2H,1H3;1H3;/q;;-1;+1/b12-11+;;;/t19-,26+,27+,28-,29+;;;/m0.../s1. The van der Waals surface area contributed by atoms with E-state index >= 15 is 0 Å². The fourth-order valence-corrected chi connectivity index (χ4v) is 4.68. The van der Waals surface area contributed by atoms with Crippen LogP contribution in [0.15, 0.2) is 60.2 Å². The number of nitrogens with one attached hydrogen (secondary N) is 1. The SMILES string of the molecule is CC1=C(CCNCc2ccc(/C=C/C(=O)CO[C@@H]3O[C@@H](C)[C@@H](O)[C@@H](O)[C@@H]3O)cc2)c2ccccc2C1.CO.C[O-].[Na+]. The zero-order chi connectivity index (χ0) is 29.7. The van der Waals surface area contributed by atoms with Crippen molar-refractivity contribution in [2.75, 3.05) is 27.4 Å². The van der Waals surface area contributed by atoms with Crippen molar-refractivity contribution in [2.24, 2.45) is 0 Å². The summed E-state index contributed by atoms with van der Waals surface area (Å²) in [5.41, 5.74) is 7.78. The summed E-state index contributed by atoms with van der Waals surface area (Å²) in [6.07, 6.45) is -0.741. The Hall–Kier alpha value is -1.73. The first-order chi connectivity index (χ1) is 19.3. The minimum absolute atomic E-state index is 0. The Kier molecular flexibility index (Phi) is 17.7. The van der Waals surface area contributed by atoms with Gasteiger partial charge in [0.1, 0.15) is 24.9 Å². The van der Waals surface area contributed by atoms with Crippen molar-refractivity contribution >= 4 is 17.4 Å². The first kappa shape index (κ1) is 37.3. The van der Waals surface area contributed by atoms with E-state index in [0.717, 1.165) is 51.3 Å². The molecule has 1 heterocycles. The van der Waals surface area contributed by atoms with Gasteiger partial charge in [0.2, 0.25) is 0 Å². The van der Waals surface area contributed by atoms with Gasteiger partial charge < -0.3 is 40.3 Å². The van der Waals surface area contributed by atoms with Crippen LogP contribution in [0, 0.1) is 0 Å². The number of aliphatic hydroxyl groups excluding tert-OH is 4. The fourth-order valence-electron chi connectivity index (χ4n) is 4.68. The van der Waals surface area contributed by atoms with Crippen molar-refractivity contribution < 1.29 is 69.4 Å². The third-order valence-corrected chi connectivity index (χ3v) is 6.83. The van der Waals surface area contributed by atoms with E-state index in [0.29, 0.717) is 0 Å². The number of aliphatic hydroxyl groups is 4. The molecule has 10 heteroatoms. The first-order valence-corrected chi connectivity index (χ1v) is 13.3. The van der Waals surface area contributed by atoms with Crippen LogP contribution in [-0.2, 0) is 27.2 Å². The van der Waals surface area contributed by atoms with Crippen molar-refractivity contribution in [3.63, 3.8) is 0 Å². The molecule has 0 unspecified atom stereocenters. The van der Waals surface area contributed by atoms with Crippen LogP contribution in [0.5, 0.6) is 0 Å². The number of rotatable bonds is 10. The van der Waals surface area contributed by atoms with Crippen LogP contribution in [0.3, 0.4) is 0 Å². The molecule has 41 heavy (non-hydrogen) atoms. The van der Waals surface area contributed by atoms with Gasteiger partial charge in [-0.1, -0.05) is 60.2 Å². The smallest absolute Gasteiger partial charge is 0.857 e. The number of hydrogen-bond acceptors (Lipinski definition) is 9. The number of ketones is 1. The molecule has 1 aliphatic heterocycles. The molecule has 0 bridgehead atoms. The second-order valence-corrected chi connectivity index (χ2v) is 9.55. The zero-order valence-corrected chi connectivity index (χ0v) is 26.6. The van der Waals surface area contributed by atoms with Gasteiger partial charge in [0, 0.05) is 13.7 Å². The number of allylic oxidation sites excluding steroid dienone is 1. The predicted octanol–water partition coefficient (Wildman–Crippen LogP) is -1.79. The quantitative estimate of drug-likeness (QED) is 0.125. The summed E-state index contributed by atoms with van der Waals surface area (Å²) in [6.45, 7) is 5.15. The van der Waals surface area contributed by atoms with Crippen LogP contribution in [-0.4, -0.2) is 84.3 Å². The minimum Gasteiger partial charge on any atom is -0.857 e. The van der Waals surface area contributed by atoms with Gasteiger partial charge in [0.05, 0.1) is 6.10 Å². The summed E-state index contributed by atoms with van der Waals surface area (Å²) in [6, 6.07) is 16.6. The van der Waals surface area contributed by atoms with Gasteiger partial charge in [-0.15, -0.1) is 0 Å². The normalized spacial score (nSPS) is 23.1. The number of ether oxygens (including phenoxy) is 2. The van der Waals surface area contributed by atoms with E-state index in [1.54, 1.807) is 13.0 Å². The van der Waals surface area contributed by atoms with Gasteiger partial charge >= 0.3 is 29.6 Å². The molecular weight excluding hydrogens is 537 g/mol. The monoisotopic (exact) mass is 579 g/mol. The van der Waals surface area contributed by atoms with Gasteiger partial charge in [-0.25, -0.2) is 0 Å². The van der Waals surface area contributed by atoms with E-state index in [-0.39, 0.29) is 41.9 Å². The van der Waals surface area contributed by atoms with E-state index in [1.807, 2.05) is 24.3 Å². The Labute approximate surface area is 264 Å². The largest absolute Gasteiger partial charge is 1.00 e. The molecule has 2 aliphatic rings. The van der Waals surface area contributed by atoms with Crippen molar-refractivity contribution in [1.82, 2.24) is 5.32 Å². The molecule has 9 nitrogen and oxygen atoms in total. The van der Waals surface area contributed by atoms with Crippen molar-refractivity contribution in [3.8, 4) is 0 Å². The van der Waals surface area contributed by atoms with Crippen LogP contribution in [0.2, 0.25) is 0 Å². The molecule has 2 aromatic rings. The third-order valence-electron chi connectivity index (χ3n) is 6.83. The molecule has 0 aromatic heterocycles. The van der Waals surface area contributed by atoms with Gasteiger partial charge in [-0.3, -0.25) is 4.79 Å². The summed E-state index contributed by atoms with van der Waals surface area (Å²) < 4.78 is 10.6. The molecule has 220 valence electrons. The van der Waals surface area contributed by atoms with E-state index in [1.165, 1.54) is 28.3 Å². The second kappa shape index (κ2) is 19.5. The number of carbonyl (C=O) groups is 1. The topological polar surface area (TPSA) is 152 Å². The third kappa shape index (κ3) is 10.8. The average Bonchev–Trinajstić information content (AvgIpc) is 3.31. The molecule has 5 N–H and O–H groups in total. The zero-order valence-electron chi connectivity index (χ0n) is 24.6. The van der Waals surface area contributed by atoms with Gasteiger partial charge in [-0.2, -0.15) is 7.11 Å². The summed E-state index contributed by atoms with van der Waals surface area (Å²) in [4.78, 5) is 12.2. The van der Waals surface area contributed by atoms with E-state index in [4.69, 9.17) is 19.7 Å². The van der Waals surface area contributed by atoms with Crippen LogP contribution < -0.4 is 40.0 Å². The predicted molar refractivity (Wildman–Crippen MR) is 152 cm³/mol. The molecule has 1 aliphatic carbocycles. The first-order valence-electron chi connectivity index (χ1n) is 13.3.